The number of carbonyl (C=O) groups is 1. The van der Waals surface area contributed by atoms with Gasteiger partial charge >= 0.3 is 0 Å². The van der Waals surface area contributed by atoms with E-state index in [1.807, 2.05) is 31.5 Å². The van der Waals surface area contributed by atoms with Crippen LogP contribution in [0.25, 0.3) is 0 Å². The number of carbonyl (C=O) groups excluding carboxylic acids is 1. The number of anilines is 1. The molecule has 100 valence electrons. The summed E-state index contributed by atoms with van der Waals surface area (Å²) in [6.07, 6.45) is 4.11. The first-order valence-electron chi connectivity index (χ1n) is 6.68. The van der Waals surface area contributed by atoms with Gasteiger partial charge < -0.3 is 5.32 Å². The number of nitrogens with one attached hydrogen (secondary N) is 1. The molecule has 1 saturated heterocycles. The Morgan fingerprint density at radius 1 is 1.33 bits per heavy atom. The van der Waals surface area contributed by atoms with Crippen molar-refractivity contribution in [3.8, 4) is 0 Å². The predicted molar refractivity (Wildman–Crippen MR) is 71.5 cm³/mol. The summed E-state index contributed by atoms with van der Waals surface area (Å²) in [4.78, 5) is 14.4. The van der Waals surface area contributed by atoms with Crippen LogP contribution in [-0.2, 0) is 4.79 Å². The Balaban J connectivity index is 1.99. The zero-order valence-electron chi connectivity index (χ0n) is 11.4. The van der Waals surface area contributed by atoms with Gasteiger partial charge in [-0.15, -0.1) is 0 Å². The van der Waals surface area contributed by atoms with Crippen molar-refractivity contribution in [3.05, 3.63) is 12.3 Å². The third-order valence-corrected chi connectivity index (χ3v) is 3.48. The maximum Gasteiger partial charge on any atom is 0.242 e. The summed E-state index contributed by atoms with van der Waals surface area (Å²) in [5.41, 5.74) is 0. The molecule has 2 rings (SSSR count). The highest BCUT2D eigenvalue weighted by Crippen LogP contribution is 2.16. The fourth-order valence-electron chi connectivity index (χ4n) is 2.35. The number of nitrogens with zero attached hydrogens (tertiary/aromatic N) is 3. The van der Waals surface area contributed by atoms with Gasteiger partial charge in [0.2, 0.25) is 5.91 Å². The lowest BCUT2D eigenvalue weighted by molar-refractivity contribution is -0.120. The van der Waals surface area contributed by atoms with Crippen LogP contribution in [-0.4, -0.2) is 39.7 Å². The summed E-state index contributed by atoms with van der Waals surface area (Å²) in [5, 5.41) is 7.18. The van der Waals surface area contributed by atoms with Crippen molar-refractivity contribution in [1.29, 1.82) is 0 Å². The lowest BCUT2D eigenvalue weighted by Gasteiger charge is -2.23. The average molecular weight is 250 g/mol. The number of likely N-dealkylation sites (tertiary alicyclic amines) is 1. The zero-order valence-corrected chi connectivity index (χ0v) is 11.4. The Bertz CT molecular complexity index is 407. The van der Waals surface area contributed by atoms with E-state index in [0.717, 1.165) is 18.9 Å². The van der Waals surface area contributed by atoms with E-state index < -0.39 is 0 Å². The van der Waals surface area contributed by atoms with Crippen molar-refractivity contribution in [2.75, 3.05) is 18.4 Å². The first-order chi connectivity index (χ1) is 8.59. The molecule has 1 aliphatic rings. The van der Waals surface area contributed by atoms with Gasteiger partial charge in [0.1, 0.15) is 5.82 Å². The molecule has 5 heteroatoms. The van der Waals surface area contributed by atoms with Gasteiger partial charge in [-0.05, 0) is 46.7 Å². The van der Waals surface area contributed by atoms with Crippen molar-refractivity contribution in [1.82, 2.24) is 14.7 Å². The molecule has 1 atom stereocenters. The molecule has 0 unspecified atom stereocenters. The fraction of sp³-hybridized carbons (Fsp3) is 0.692. The van der Waals surface area contributed by atoms with Crippen molar-refractivity contribution in [2.45, 2.75) is 45.7 Å². The molecule has 1 aromatic rings. The van der Waals surface area contributed by atoms with Crippen molar-refractivity contribution >= 4 is 11.7 Å². The molecule has 1 fully saturated rings. The zero-order chi connectivity index (χ0) is 13.1. The molecular formula is C13H22N4O. The second-order valence-electron chi connectivity index (χ2n) is 5.16. The van der Waals surface area contributed by atoms with E-state index in [2.05, 4.69) is 15.3 Å². The summed E-state index contributed by atoms with van der Waals surface area (Å²) < 4.78 is 1.83. The highest BCUT2D eigenvalue weighted by molar-refractivity contribution is 5.93. The molecule has 2 heterocycles. The maximum atomic E-state index is 12.2. The van der Waals surface area contributed by atoms with Crippen LogP contribution in [0, 0.1) is 0 Å². The average Bonchev–Trinajstić information content (AvgIpc) is 2.98. The highest BCUT2D eigenvalue weighted by atomic mass is 16.2. The number of rotatable bonds is 4. The SMILES string of the molecule is CC(C)n1nccc1NC(=O)[C@@H](C)N1CCCC1. The Morgan fingerprint density at radius 3 is 2.61 bits per heavy atom. The van der Waals surface area contributed by atoms with Gasteiger partial charge in [-0.25, -0.2) is 4.68 Å². The topological polar surface area (TPSA) is 50.2 Å². The Hall–Kier alpha value is -1.36. The Kier molecular flexibility index (Phi) is 4.01. The second-order valence-corrected chi connectivity index (χ2v) is 5.16. The summed E-state index contributed by atoms with van der Waals surface area (Å²) in [6, 6.07) is 2.02. The molecule has 0 radical (unpaired) electrons. The summed E-state index contributed by atoms with van der Waals surface area (Å²) in [7, 11) is 0. The first kappa shape index (κ1) is 13.1. The van der Waals surface area contributed by atoms with Crippen LogP contribution in [0.3, 0.4) is 0 Å². The summed E-state index contributed by atoms with van der Waals surface area (Å²) in [5.74, 6) is 0.834. The quantitative estimate of drug-likeness (QED) is 0.887. The van der Waals surface area contributed by atoms with E-state index in [1.54, 1.807) is 6.20 Å². The van der Waals surface area contributed by atoms with E-state index in [1.165, 1.54) is 12.8 Å². The monoisotopic (exact) mass is 250 g/mol. The molecule has 1 aliphatic heterocycles. The molecule has 0 spiro atoms. The minimum Gasteiger partial charge on any atom is -0.310 e. The molecule has 18 heavy (non-hydrogen) atoms. The minimum absolute atomic E-state index is 0.0549. The summed E-state index contributed by atoms with van der Waals surface area (Å²) in [6.45, 7) is 8.12. The smallest absolute Gasteiger partial charge is 0.242 e. The Labute approximate surface area is 108 Å². The second kappa shape index (κ2) is 5.52. The third kappa shape index (κ3) is 2.72. The third-order valence-electron chi connectivity index (χ3n) is 3.48. The van der Waals surface area contributed by atoms with Gasteiger partial charge in [-0.2, -0.15) is 5.10 Å². The van der Waals surface area contributed by atoms with Gasteiger partial charge in [0.05, 0.1) is 12.2 Å². The first-order valence-corrected chi connectivity index (χ1v) is 6.68. The molecule has 5 nitrogen and oxygen atoms in total. The van der Waals surface area contributed by atoms with Crippen molar-refractivity contribution in [3.63, 3.8) is 0 Å². The predicted octanol–water partition coefficient (Wildman–Crippen LogP) is 1.89. The molecule has 0 aliphatic carbocycles. The molecule has 0 aromatic carbocycles. The molecule has 0 bridgehead atoms. The minimum atomic E-state index is -0.0667. The van der Waals surface area contributed by atoms with E-state index in [4.69, 9.17) is 0 Å². The normalized spacial score (nSPS) is 18.2. The Morgan fingerprint density at radius 2 is 2.00 bits per heavy atom. The van der Waals surface area contributed by atoms with Gasteiger partial charge in [-0.1, -0.05) is 0 Å². The maximum absolute atomic E-state index is 12.2. The summed E-state index contributed by atoms with van der Waals surface area (Å²) >= 11 is 0. The van der Waals surface area contributed by atoms with E-state index in [0.29, 0.717) is 0 Å². The lowest BCUT2D eigenvalue weighted by Crippen LogP contribution is -2.40. The van der Waals surface area contributed by atoms with Gasteiger partial charge in [-0.3, -0.25) is 9.69 Å². The van der Waals surface area contributed by atoms with Gasteiger partial charge in [0.25, 0.3) is 0 Å². The van der Waals surface area contributed by atoms with Crippen LogP contribution in [0.1, 0.15) is 39.7 Å². The van der Waals surface area contributed by atoms with Crippen LogP contribution in [0.5, 0.6) is 0 Å². The standard InChI is InChI=1S/C13H22N4O/c1-10(2)17-12(6-7-14-17)15-13(18)11(3)16-8-4-5-9-16/h6-7,10-11H,4-5,8-9H2,1-3H3,(H,15,18)/t11-/m1/s1. The molecule has 1 amide bonds. The van der Waals surface area contributed by atoms with E-state index >= 15 is 0 Å². The van der Waals surface area contributed by atoms with Crippen LogP contribution in [0.2, 0.25) is 0 Å². The molecule has 1 aromatic heterocycles. The van der Waals surface area contributed by atoms with Crippen molar-refractivity contribution < 1.29 is 4.79 Å². The molecule has 0 saturated carbocycles. The van der Waals surface area contributed by atoms with Gasteiger partial charge in [0.15, 0.2) is 0 Å². The number of hydrogen-bond acceptors (Lipinski definition) is 3. The van der Waals surface area contributed by atoms with Crippen LogP contribution < -0.4 is 5.32 Å². The lowest BCUT2D eigenvalue weighted by atomic mass is 10.3. The number of amides is 1. The van der Waals surface area contributed by atoms with Crippen LogP contribution >= 0.6 is 0 Å². The van der Waals surface area contributed by atoms with E-state index in [9.17, 15) is 4.79 Å². The molecule has 1 N–H and O–H groups in total. The molecular weight excluding hydrogens is 228 g/mol. The fourth-order valence-corrected chi connectivity index (χ4v) is 2.35. The van der Waals surface area contributed by atoms with Crippen molar-refractivity contribution in [2.24, 2.45) is 0 Å². The highest BCUT2D eigenvalue weighted by Gasteiger charge is 2.24. The van der Waals surface area contributed by atoms with E-state index in [-0.39, 0.29) is 18.0 Å². The number of aromatic nitrogens is 2. The van der Waals surface area contributed by atoms with Gasteiger partial charge in [0, 0.05) is 12.1 Å². The number of hydrogen-bond donors (Lipinski definition) is 1. The largest absolute Gasteiger partial charge is 0.310 e. The van der Waals surface area contributed by atoms with Crippen LogP contribution in [0.15, 0.2) is 12.3 Å². The van der Waals surface area contributed by atoms with Crippen LogP contribution in [0.4, 0.5) is 5.82 Å².